The van der Waals surface area contributed by atoms with E-state index in [0.29, 0.717) is 10.5 Å². The monoisotopic (exact) mass is 347 g/mol. The van der Waals surface area contributed by atoms with Gasteiger partial charge in [-0.1, -0.05) is 0 Å². The van der Waals surface area contributed by atoms with Gasteiger partial charge in [-0.2, -0.15) is 0 Å². The number of methoxy groups -OCH3 is 3. The van der Waals surface area contributed by atoms with Crippen LogP contribution in [-0.2, 0) is 19.5 Å². The number of rotatable bonds is 5. The lowest BCUT2D eigenvalue weighted by Crippen LogP contribution is -2.31. The fourth-order valence-electron chi connectivity index (χ4n) is 3.00. The molecule has 128 valence electrons. The Bertz CT molecular complexity index is 766. The number of nitrogens with zero attached hydrogens (tertiary/aromatic N) is 2. The second-order valence-electron chi connectivity index (χ2n) is 5.66. The number of fused-ring (bicyclic) bond motifs is 1. The summed E-state index contributed by atoms with van der Waals surface area (Å²) in [5, 5.41) is 0. The second-order valence-corrected chi connectivity index (χ2v) is 6.05. The molecule has 0 atom stereocenters. The molecule has 6 nitrogen and oxygen atoms in total. The lowest BCUT2D eigenvalue weighted by Gasteiger charge is -2.29. The highest BCUT2D eigenvalue weighted by atomic mass is 32.1. The first-order valence-corrected chi connectivity index (χ1v) is 8.13. The van der Waals surface area contributed by atoms with E-state index in [1.165, 1.54) is 11.3 Å². The van der Waals surface area contributed by atoms with Crippen molar-refractivity contribution in [1.82, 2.24) is 14.9 Å². The van der Waals surface area contributed by atoms with Gasteiger partial charge in [-0.15, -0.1) is 0 Å². The van der Waals surface area contributed by atoms with Gasteiger partial charge in [-0.3, -0.25) is 4.90 Å². The molecule has 1 aliphatic heterocycles. The van der Waals surface area contributed by atoms with Gasteiger partial charge in [-0.05, 0) is 12.2 Å². The molecule has 7 heteroatoms. The summed E-state index contributed by atoms with van der Waals surface area (Å²) in [5.74, 6) is 2.25. The summed E-state index contributed by atoms with van der Waals surface area (Å²) in [6, 6.07) is 3.77. The summed E-state index contributed by atoms with van der Waals surface area (Å²) in [4.78, 5) is 9.72. The van der Waals surface area contributed by atoms with Crippen molar-refractivity contribution in [2.75, 3.05) is 27.9 Å². The molecule has 2 aromatic rings. The highest BCUT2D eigenvalue weighted by Crippen LogP contribution is 2.35. The molecule has 0 unspecified atom stereocenters. The van der Waals surface area contributed by atoms with Gasteiger partial charge in [0, 0.05) is 55.6 Å². The molecule has 0 spiro atoms. The molecule has 0 amide bonds. The summed E-state index contributed by atoms with van der Waals surface area (Å²) < 4.78 is 16.9. The van der Waals surface area contributed by atoms with Gasteiger partial charge in [-0.25, -0.2) is 4.98 Å². The first kappa shape index (κ1) is 16.7. The molecule has 1 aromatic carbocycles. The van der Waals surface area contributed by atoms with Crippen molar-refractivity contribution in [1.29, 1.82) is 0 Å². The maximum Gasteiger partial charge on any atom is 0.196 e. The second kappa shape index (κ2) is 7.19. The van der Waals surface area contributed by atoms with Gasteiger partial charge in [0.1, 0.15) is 17.2 Å². The quantitative estimate of drug-likeness (QED) is 0.839. The fraction of sp³-hybridized carbons (Fsp3) is 0.412. The van der Waals surface area contributed by atoms with Crippen molar-refractivity contribution >= 4 is 12.2 Å². The molecule has 3 rings (SSSR count). The van der Waals surface area contributed by atoms with Gasteiger partial charge in [0.15, 0.2) is 4.77 Å². The van der Waals surface area contributed by atoms with E-state index in [0.717, 1.165) is 43.1 Å². The maximum absolute atomic E-state index is 5.54. The topological polar surface area (TPSA) is 59.6 Å². The number of aromatic amines is 1. The molecule has 0 saturated heterocycles. The highest BCUT2D eigenvalue weighted by Gasteiger charge is 2.21. The number of aromatic nitrogens is 2. The van der Waals surface area contributed by atoms with Crippen LogP contribution in [0.4, 0.5) is 0 Å². The van der Waals surface area contributed by atoms with Crippen molar-refractivity contribution in [3.8, 4) is 17.2 Å². The van der Waals surface area contributed by atoms with Crippen molar-refractivity contribution in [3.05, 3.63) is 39.9 Å². The van der Waals surface area contributed by atoms with E-state index in [9.17, 15) is 0 Å². The van der Waals surface area contributed by atoms with Crippen LogP contribution in [0.25, 0.3) is 0 Å². The van der Waals surface area contributed by atoms with E-state index < -0.39 is 0 Å². The van der Waals surface area contributed by atoms with E-state index in [2.05, 4.69) is 14.9 Å². The van der Waals surface area contributed by atoms with E-state index in [4.69, 9.17) is 26.4 Å². The molecular weight excluding hydrogens is 326 g/mol. The van der Waals surface area contributed by atoms with Crippen molar-refractivity contribution in [2.24, 2.45) is 0 Å². The SMILES string of the molecule is COc1cc(OC)c(CN2CCc3[nH]c(=S)ncc3C2)c(OC)c1. The Hall–Kier alpha value is -2.12. The Labute approximate surface area is 146 Å². The van der Waals surface area contributed by atoms with E-state index in [1.807, 2.05) is 18.3 Å². The molecule has 0 bridgehead atoms. The molecule has 2 heterocycles. The van der Waals surface area contributed by atoms with Gasteiger partial charge < -0.3 is 19.2 Å². The predicted octanol–water partition coefficient (Wildman–Crippen LogP) is 2.72. The number of hydrogen-bond acceptors (Lipinski definition) is 6. The minimum absolute atomic E-state index is 0.542. The highest BCUT2D eigenvalue weighted by molar-refractivity contribution is 7.71. The van der Waals surface area contributed by atoms with E-state index in [-0.39, 0.29) is 0 Å². The summed E-state index contributed by atoms with van der Waals surface area (Å²) in [5.41, 5.74) is 3.38. The Balaban J connectivity index is 1.86. The van der Waals surface area contributed by atoms with Crippen LogP contribution in [0.15, 0.2) is 18.3 Å². The first-order chi connectivity index (χ1) is 11.6. The lowest BCUT2D eigenvalue weighted by molar-refractivity contribution is 0.234. The van der Waals surface area contributed by atoms with E-state index in [1.54, 1.807) is 21.3 Å². The third kappa shape index (κ3) is 3.37. The van der Waals surface area contributed by atoms with Crippen LogP contribution in [0.3, 0.4) is 0 Å². The van der Waals surface area contributed by atoms with Crippen molar-refractivity contribution < 1.29 is 14.2 Å². The lowest BCUT2D eigenvalue weighted by atomic mass is 10.1. The molecule has 24 heavy (non-hydrogen) atoms. The predicted molar refractivity (Wildman–Crippen MR) is 93.3 cm³/mol. The Kier molecular flexibility index (Phi) is 5.01. The Morgan fingerprint density at radius 2 is 1.88 bits per heavy atom. The smallest absolute Gasteiger partial charge is 0.196 e. The Morgan fingerprint density at radius 1 is 1.17 bits per heavy atom. The number of nitrogens with one attached hydrogen (secondary N) is 1. The zero-order chi connectivity index (χ0) is 17.1. The molecule has 0 aliphatic carbocycles. The number of H-pyrrole nitrogens is 1. The molecule has 0 saturated carbocycles. The van der Waals surface area contributed by atoms with Gasteiger partial charge in [0.2, 0.25) is 0 Å². The molecule has 1 N–H and O–H groups in total. The zero-order valence-electron chi connectivity index (χ0n) is 14.1. The standard InChI is InChI=1S/C17H21N3O3S/c1-21-12-6-15(22-2)13(16(7-12)23-3)10-20-5-4-14-11(9-20)8-18-17(24)19-14/h6-8H,4-5,9-10H2,1-3H3,(H,18,19,24). The number of hydrogen-bond donors (Lipinski definition) is 1. The van der Waals surface area contributed by atoms with Crippen LogP contribution in [0, 0.1) is 4.77 Å². The summed E-state index contributed by atoms with van der Waals surface area (Å²) in [6.45, 7) is 2.47. The van der Waals surface area contributed by atoms with Crippen LogP contribution in [0.1, 0.15) is 16.8 Å². The van der Waals surface area contributed by atoms with Crippen molar-refractivity contribution in [2.45, 2.75) is 19.5 Å². The minimum atomic E-state index is 0.542. The normalized spacial score (nSPS) is 14.1. The average molecular weight is 347 g/mol. The van der Waals surface area contributed by atoms with Gasteiger partial charge in [0.25, 0.3) is 0 Å². The maximum atomic E-state index is 5.54. The van der Waals surface area contributed by atoms with Crippen LogP contribution < -0.4 is 14.2 Å². The molecular formula is C17H21N3O3S. The van der Waals surface area contributed by atoms with Crippen LogP contribution in [0.5, 0.6) is 17.2 Å². The molecule has 1 aromatic heterocycles. The van der Waals surface area contributed by atoms with Gasteiger partial charge >= 0.3 is 0 Å². The summed E-state index contributed by atoms with van der Waals surface area (Å²) in [6.07, 6.45) is 2.78. The summed E-state index contributed by atoms with van der Waals surface area (Å²) in [7, 11) is 4.95. The number of ether oxygens (including phenoxy) is 3. The number of benzene rings is 1. The molecule has 0 fully saturated rings. The van der Waals surface area contributed by atoms with E-state index >= 15 is 0 Å². The fourth-order valence-corrected chi connectivity index (χ4v) is 3.17. The minimum Gasteiger partial charge on any atom is -0.496 e. The molecule has 0 radical (unpaired) electrons. The van der Waals surface area contributed by atoms with Crippen LogP contribution >= 0.6 is 12.2 Å². The van der Waals surface area contributed by atoms with Crippen LogP contribution in [-0.4, -0.2) is 42.7 Å². The first-order valence-electron chi connectivity index (χ1n) is 7.73. The average Bonchev–Trinajstić information content (AvgIpc) is 2.61. The third-order valence-corrected chi connectivity index (χ3v) is 4.46. The van der Waals surface area contributed by atoms with Crippen molar-refractivity contribution in [3.63, 3.8) is 0 Å². The zero-order valence-corrected chi connectivity index (χ0v) is 14.9. The summed E-state index contributed by atoms with van der Waals surface area (Å²) >= 11 is 5.10. The largest absolute Gasteiger partial charge is 0.496 e. The third-order valence-electron chi connectivity index (χ3n) is 4.25. The Morgan fingerprint density at radius 3 is 2.50 bits per heavy atom. The molecule has 1 aliphatic rings. The van der Waals surface area contributed by atoms with Crippen LogP contribution in [0.2, 0.25) is 0 Å². The van der Waals surface area contributed by atoms with Gasteiger partial charge in [0.05, 0.1) is 26.9 Å².